The molecule has 1 heterocycles. The molecule has 0 N–H and O–H groups in total. The summed E-state index contributed by atoms with van der Waals surface area (Å²) in [5.41, 5.74) is 4.09. The number of nitro groups is 1. The molecule has 4 rings (SSSR count). The molecule has 0 aromatic heterocycles. The summed E-state index contributed by atoms with van der Waals surface area (Å²) >= 11 is 0. The van der Waals surface area contributed by atoms with E-state index >= 15 is 0 Å². The number of nitrogens with zero attached hydrogens (tertiary/aromatic N) is 2. The molecule has 6 heteroatoms. The van der Waals surface area contributed by atoms with Crippen LogP contribution < -0.4 is 4.90 Å². The number of para-hydroxylation sites is 1. The number of carbonyl (C=O) groups is 1. The molecular formula is C25H22N2O4. The quantitative estimate of drug-likeness (QED) is 0.404. The third kappa shape index (κ3) is 4.80. The number of benzene rings is 3. The smallest absolute Gasteiger partial charge is 0.418 e. The molecule has 31 heavy (non-hydrogen) atoms. The number of rotatable bonds is 6. The molecule has 1 amide bonds. The van der Waals surface area contributed by atoms with Gasteiger partial charge in [-0.25, -0.2) is 4.79 Å². The van der Waals surface area contributed by atoms with Gasteiger partial charge in [0.15, 0.2) is 0 Å². The molecule has 0 bridgehead atoms. The minimum absolute atomic E-state index is 0.151. The third-order valence-corrected chi connectivity index (χ3v) is 5.30. The predicted octanol–water partition coefficient (Wildman–Crippen LogP) is 5.33. The predicted molar refractivity (Wildman–Crippen MR) is 118 cm³/mol. The topological polar surface area (TPSA) is 72.7 Å². The highest BCUT2D eigenvalue weighted by Crippen LogP contribution is 2.39. The van der Waals surface area contributed by atoms with Gasteiger partial charge in [-0.2, -0.15) is 0 Å². The molecule has 156 valence electrons. The summed E-state index contributed by atoms with van der Waals surface area (Å²) in [6.45, 7) is -0.0822. The Morgan fingerprint density at radius 1 is 0.903 bits per heavy atom. The van der Waals surface area contributed by atoms with Crippen LogP contribution in [-0.2, 0) is 17.8 Å². The van der Waals surface area contributed by atoms with Gasteiger partial charge in [0.2, 0.25) is 6.54 Å². The lowest BCUT2D eigenvalue weighted by Gasteiger charge is -2.31. The van der Waals surface area contributed by atoms with Crippen molar-refractivity contribution in [2.45, 2.75) is 18.9 Å². The molecule has 1 atom stereocenters. The molecule has 0 saturated heterocycles. The van der Waals surface area contributed by atoms with Crippen molar-refractivity contribution in [3.05, 3.63) is 124 Å². The first-order valence-electron chi connectivity index (χ1n) is 10.1. The first kappa shape index (κ1) is 20.3. The summed E-state index contributed by atoms with van der Waals surface area (Å²) < 4.78 is 5.55. The number of ether oxygens (including phenoxy) is 1. The van der Waals surface area contributed by atoms with Gasteiger partial charge in [0, 0.05) is 11.1 Å². The first-order chi connectivity index (χ1) is 15.1. The Hall–Kier alpha value is -3.93. The zero-order valence-electron chi connectivity index (χ0n) is 16.9. The Labute approximate surface area is 180 Å². The number of fused-ring (bicyclic) bond motifs is 1. The normalized spacial score (nSPS) is 15.0. The maximum absolute atomic E-state index is 13.0. The van der Waals surface area contributed by atoms with Crippen LogP contribution in [0.1, 0.15) is 22.6 Å². The van der Waals surface area contributed by atoms with Gasteiger partial charge in [0.1, 0.15) is 6.61 Å². The summed E-state index contributed by atoms with van der Waals surface area (Å²) in [7, 11) is 0. The summed E-state index contributed by atoms with van der Waals surface area (Å²) in [6, 6.07) is 26.5. The van der Waals surface area contributed by atoms with Crippen LogP contribution >= 0.6 is 0 Å². The van der Waals surface area contributed by atoms with Crippen LogP contribution in [0.15, 0.2) is 96.7 Å². The van der Waals surface area contributed by atoms with Crippen molar-refractivity contribution >= 4 is 11.8 Å². The average molecular weight is 414 g/mol. The van der Waals surface area contributed by atoms with Crippen LogP contribution in [0.5, 0.6) is 0 Å². The lowest BCUT2D eigenvalue weighted by molar-refractivity contribution is -0.482. The maximum Gasteiger partial charge on any atom is 0.418 e. The zero-order chi connectivity index (χ0) is 21.6. The van der Waals surface area contributed by atoms with Crippen LogP contribution in [-0.4, -0.2) is 17.6 Å². The molecular weight excluding hydrogens is 392 g/mol. The largest absolute Gasteiger partial charge is 0.444 e. The number of anilines is 1. The zero-order valence-corrected chi connectivity index (χ0v) is 16.9. The van der Waals surface area contributed by atoms with Gasteiger partial charge in [-0.1, -0.05) is 78.9 Å². The van der Waals surface area contributed by atoms with E-state index in [-0.39, 0.29) is 18.1 Å². The summed E-state index contributed by atoms with van der Waals surface area (Å²) in [6.07, 6.45) is 1.70. The molecule has 6 nitrogen and oxygen atoms in total. The van der Waals surface area contributed by atoms with E-state index in [0.29, 0.717) is 12.1 Å². The molecule has 1 aliphatic rings. The molecule has 0 spiro atoms. The number of amides is 1. The number of carbonyl (C=O) groups excluding carboxylic acids is 1. The summed E-state index contributed by atoms with van der Waals surface area (Å²) in [4.78, 5) is 25.6. The second-order valence-corrected chi connectivity index (χ2v) is 7.40. The second-order valence-electron chi connectivity index (χ2n) is 7.40. The number of hydrogen-bond acceptors (Lipinski definition) is 4. The Kier molecular flexibility index (Phi) is 6.08. The van der Waals surface area contributed by atoms with E-state index < -0.39 is 12.0 Å². The molecule has 0 unspecified atom stereocenters. The van der Waals surface area contributed by atoms with E-state index in [9.17, 15) is 14.9 Å². The van der Waals surface area contributed by atoms with E-state index in [2.05, 4.69) is 0 Å². The Bertz CT molecular complexity index is 1100. The molecule has 3 aromatic rings. The van der Waals surface area contributed by atoms with Crippen molar-refractivity contribution in [3.63, 3.8) is 0 Å². The van der Waals surface area contributed by atoms with E-state index in [4.69, 9.17) is 4.74 Å². The van der Waals surface area contributed by atoms with Gasteiger partial charge in [-0.05, 0) is 34.8 Å². The summed E-state index contributed by atoms with van der Waals surface area (Å²) in [5, 5.41) is 11.4. The fraction of sp³-hybridized carbons (Fsp3) is 0.160. The van der Waals surface area contributed by atoms with Gasteiger partial charge in [0.05, 0.1) is 11.6 Å². The average Bonchev–Trinajstić information content (AvgIpc) is 2.80. The molecule has 0 fully saturated rings. The molecule has 0 aliphatic carbocycles. The van der Waals surface area contributed by atoms with E-state index in [1.54, 1.807) is 12.3 Å². The van der Waals surface area contributed by atoms with Crippen LogP contribution in [0.3, 0.4) is 0 Å². The van der Waals surface area contributed by atoms with Crippen LogP contribution in [0.25, 0.3) is 0 Å². The van der Waals surface area contributed by atoms with Crippen LogP contribution in [0, 0.1) is 10.1 Å². The lowest BCUT2D eigenvalue weighted by atomic mass is 9.84. The first-order valence-corrected chi connectivity index (χ1v) is 10.1. The molecule has 1 aliphatic heterocycles. The fourth-order valence-electron chi connectivity index (χ4n) is 3.83. The van der Waals surface area contributed by atoms with E-state index in [1.807, 2.05) is 78.9 Å². The minimum Gasteiger partial charge on any atom is -0.444 e. The highest BCUT2D eigenvalue weighted by Gasteiger charge is 2.33. The van der Waals surface area contributed by atoms with Crippen molar-refractivity contribution in [1.29, 1.82) is 0 Å². The van der Waals surface area contributed by atoms with Gasteiger partial charge in [-0.3, -0.25) is 15.0 Å². The SMILES string of the molecule is O=C(OCc1ccccc1)N1C=C(Cc2ccccc2)[C@H](C[N+](=O)[O-])c2ccccc21. The van der Waals surface area contributed by atoms with Crippen molar-refractivity contribution in [2.24, 2.45) is 0 Å². The highest BCUT2D eigenvalue weighted by molar-refractivity contribution is 5.92. The van der Waals surface area contributed by atoms with Crippen molar-refractivity contribution in [3.8, 4) is 0 Å². The van der Waals surface area contributed by atoms with E-state index in [0.717, 1.165) is 22.3 Å². The standard InChI is InChI=1S/C25H22N2O4/c28-25(31-18-20-11-5-2-6-12-20)26-16-21(15-19-9-3-1-4-10-19)23(17-27(29)30)22-13-7-8-14-24(22)26/h1-14,16,23H,15,17-18H2/t23-/m0/s1. The summed E-state index contributed by atoms with van der Waals surface area (Å²) in [5.74, 6) is -0.412. The Balaban J connectivity index is 1.66. The minimum atomic E-state index is -0.513. The van der Waals surface area contributed by atoms with Gasteiger partial charge < -0.3 is 4.74 Å². The highest BCUT2D eigenvalue weighted by atomic mass is 16.6. The van der Waals surface area contributed by atoms with Crippen molar-refractivity contribution in [1.82, 2.24) is 0 Å². The van der Waals surface area contributed by atoms with Crippen LogP contribution in [0.2, 0.25) is 0 Å². The lowest BCUT2D eigenvalue weighted by Crippen LogP contribution is -2.33. The fourth-order valence-corrected chi connectivity index (χ4v) is 3.83. The van der Waals surface area contributed by atoms with Gasteiger partial charge in [0.25, 0.3) is 0 Å². The van der Waals surface area contributed by atoms with Gasteiger partial charge in [-0.15, -0.1) is 0 Å². The maximum atomic E-state index is 13.0. The van der Waals surface area contributed by atoms with Crippen molar-refractivity contribution in [2.75, 3.05) is 11.4 Å². The second kappa shape index (κ2) is 9.26. The Morgan fingerprint density at radius 3 is 2.19 bits per heavy atom. The van der Waals surface area contributed by atoms with Gasteiger partial charge >= 0.3 is 6.09 Å². The third-order valence-electron chi connectivity index (χ3n) is 5.30. The molecule has 0 radical (unpaired) electrons. The van der Waals surface area contributed by atoms with Crippen molar-refractivity contribution < 1.29 is 14.5 Å². The number of hydrogen-bond donors (Lipinski definition) is 0. The monoisotopic (exact) mass is 414 g/mol. The Morgan fingerprint density at radius 2 is 1.52 bits per heavy atom. The van der Waals surface area contributed by atoms with E-state index in [1.165, 1.54) is 4.90 Å². The van der Waals surface area contributed by atoms with Crippen LogP contribution in [0.4, 0.5) is 10.5 Å². The molecule has 3 aromatic carbocycles. The molecule has 0 saturated carbocycles.